The van der Waals surface area contributed by atoms with Crippen molar-refractivity contribution in [3.05, 3.63) is 22.3 Å². The highest BCUT2D eigenvalue weighted by atomic mass is 79.9. The number of pyridine rings is 1. The number of aromatic carboxylic acids is 1. The number of anilines is 1. The summed E-state index contributed by atoms with van der Waals surface area (Å²) in [6.45, 7) is 6.20. The Labute approximate surface area is 122 Å². The first kappa shape index (κ1) is 14.3. The fraction of sp³-hybridized carbons (Fsp3) is 0.571. The summed E-state index contributed by atoms with van der Waals surface area (Å²) in [5.74, 6) is -0.325. The number of aromatic nitrogens is 1. The maximum atomic E-state index is 11.3. The van der Waals surface area contributed by atoms with Crippen molar-refractivity contribution in [2.45, 2.75) is 33.1 Å². The summed E-state index contributed by atoms with van der Waals surface area (Å²) in [4.78, 5) is 17.8. The molecular formula is C14H19BrN2O2. The van der Waals surface area contributed by atoms with Gasteiger partial charge in [-0.05, 0) is 46.7 Å². The molecule has 2 heterocycles. The van der Waals surface area contributed by atoms with Gasteiger partial charge >= 0.3 is 5.97 Å². The molecule has 0 saturated carbocycles. The molecule has 4 nitrogen and oxygen atoms in total. The third kappa shape index (κ3) is 2.76. The Morgan fingerprint density at radius 3 is 2.74 bits per heavy atom. The van der Waals surface area contributed by atoms with Gasteiger partial charge in [0.05, 0.1) is 0 Å². The number of hydrogen-bond acceptors (Lipinski definition) is 3. The number of halogens is 1. The number of carbonyl (C=O) groups is 1. The number of nitrogens with zero attached hydrogens (tertiary/aromatic N) is 2. The van der Waals surface area contributed by atoms with Crippen LogP contribution in [-0.4, -0.2) is 29.1 Å². The molecule has 5 heteroatoms. The molecule has 0 spiro atoms. The van der Waals surface area contributed by atoms with Crippen molar-refractivity contribution in [3.8, 4) is 0 Å². The zero-order chi connectivity index (χ0) is 14.0. The van der Waals surface area contributed by atoms with Gasteiger partial charge in [-0.3, -0.25) is 0 Å². The van der Waals surface area contributed by atoms with Gasteiger partial charge in [-0.15, -0.1) is 0 Å². The van der Waals surface area contributed by atoms with E-state index in [9.17, 15) is 9.90 Å². The van der Waals surface area contributed by atoms with Gasteiger partial charge in [0.25, 0.3) is 0 Å². The Morgan fingerprint density at radius 2 is 2.21 bits per heavy atom. The van der Waals surface area contributed by atoms with Gasteiger partial charge in [0.15, 0.2) is 0 Å². The second-order valence-corrected chi connectivity index (χ2v) is 6.12. The maximum Gasteiger partial charge on any atom is 0.339 e. The molecule has 1 N–H and O–H groups in total. The maximum absolute atomic E-state index is 11.3. The Kier molecular flexibility index (Phi) is 4.13. The van der Waals surface area contributed by atoms with Crippen LogP contribution < -0.4 is 4.90 Å². The highest BCUT2D eigenvalue weighted by Gasteiger charge is 2.36. The number of carboxylic acid groups (broad SMARTS) is 1. The summed E-state index contributed by atoms with van der Waals surface area (Å²) in [6.07, 6.45) is 5.02. The van der Waals surface area contributed by atoms with Crippen LogP contribution in [-0.2, 0) is 0 Å². The van der Waals surface area contributed by atoms with E-state index >= 15 is 0 Å². The van der Waals surface area contributed by atoms with E-state index in [0.717, 1.165) is 32.4 Å². The number of rotatable bonds is 4. The highest BCUT2D eigenvalue weighted by molar-refractivity contribution is 9.10. The fourth-order valence-electron chi connectivity index (χ4n) is 2.78. The molecule has 0 aromatic carbocycles. The zero-order valence-electron chi connectivity index (χ0n) is 11.3. The van der Waals surface area contributed by atoms with Crippen LogP contribution in [0.1, 0.15) is 43.5 Å². The summed E-state index contributed by atoms with van der Waals surface area (Å²) in [5.41, 5.74) is 0.585. The molecule has 1 saturated heterocycles. The molecule has 1 aliphatic heterocycles. The molecule has 0 aliphatic carbocycles. The van der Waals surface area contributed by atoms with E-state index in [0.29, 0.717) is 15.7 Å². The Bertz CT molecular complexity index is 486. The minimum atomic E-state index is -0.922. The van der Waals surface area contributed by atoms with Gasteiger partial charge in [0.2, 0.25) is 0 Å². The van der Waals surface area contributed by atoms with Crippen molar-refractivity contribution in [1.29, 1.82) is 0 Å². The van der Waals surface area contributed by atoms with Crippen molar-refractivity contribution in [3.63, 3.8) is 0 Å². The van der Waals surface area contributed by atoms with Gasteiger partial charge in [0.1, 0.15) is 11.4 Å². The molecule has 1 aromatic rings. The largest absolute Gasteiger partial charge is 0.478 e. The lowest BCUT2D eigenvalue weighted by Crippen LogP contribution is -2.28. The summed E-state index contributed by atoms with van der Waals surface area (Å²) >= 11 is 3.28. The van der Waals surface area contributed by atoms with Crippen LogP contribution in [0.4, 0.5) is 5.82 Å². The number of hydrogen-bond donors (Lipinski definition) is 1. The normalized spacial score (nSPS) is 17.7. The lowest BCUT2D eigenvalue weighted by Gasteiger charge is -2.27. The quantitative estimate of drug-likeness (QED) is 0.919. The van der Waals surface area contributed by atoms with Crippen LogP contribution in [0.5, 0.6) is 0 Å². The summed E-state index contributed by atoms with van der Waals surface area (Å²) in [7, 11) is 0. The van der Waals surface area contributed by atoms with Crippen LogP contribution >= 0.6 is 15.9 Å². The molecule has 2 rings (SSSR count). The van der Waals surface area contributed by atoms with Crippen LogP contribution in [0.2, 0.25) is 0 Å². The predicted molar refractivity (Wildman–Crippen MR) is 78.7 cm³/mol. The molecular weight excluding hydrogens is 308 g/mol. The molecule has 1 aliphatic rings. The Balaban J connectivity index is 2.31. The Morgan fingerprint density at radius 1 is 1.53 bits per heavy atom. The topological polar surface area (TPSA) is 53.4 Å². The number of carboxylic acids is 1. The third-order valence-electron chi connectivity index (χ3n) is 4.30. The van der Waals surface area contributed by atoms with Crippen LogP contribution in [0.15, 0.2) is 16.7 Å². The van der Waals surface area contributed by atoms with Crippen molar-refractivity contribution in [2.75, 3.05) is 18.0 Å². The van der Waals surface area contributed by atoms with Crippen LogP contribution in [0.25, 0.3) is 0 Å². The molecule has 1 fully saturated rings. The monoisotopic (exact) mass is 326 g/mol. The van der Waals surface area contributed by atoms with E-state index in [1.165, 1.54) is 0 Å². The van der Waals surface area contributed by atoms with Gasteiger partial charge in [-0.2, -0.15) is 0 Å². The lowest BCUT2D eigenvalue weighted by molar-refractivity contribution is 0.0697. The van der Waals surface area contributed by atoms with Crippen LogP contribution in [0.3, 0.4) is 0 Å². The van der Waals surface area contributed by atoms with E-state index in [-0.39, 0.29) is 5.56 Å². The van der Waals surface area contributed by atoms with E-state index in [4.69, 9.17) is 0 Å². The van der Waals surface area contributed by atoms with E-state index < -0.39 is 5.97 Å². The lowest BCUT2D eigenvalue weighted by atomic mass is 9.82. The molecule has 0 atom stereocenters. The molecule has 19 heavy (non-hydrogen) atoms. The summed E-state index contributed by atoms with van der Waals surface area (Å²) < 4.78 is 0.699. The van der Waals surface area contributed by atoms with Crippen molar-refractivity contribution < 1.29 is 9.90 Å². The first-order chi connectivity index (χ1) is 9.01. The van der Waals surface area contributed by atoms with Gasteiger partial charge in [-0.25, -0.2) is 9.78 Å². The van der Waals surface area contributed by atoms with Gasteiger partial charge in [-0.1, -0.05) is 13.8 Å². The minimum Gasteiger partial charge on any atom is -0.478 e. The Hall–Kier alpha value is -1.10. The standard InChI is InChI=1S/C14H19BrN2O2/c1-3-14(4-2)5-6-17(9-14)12-11(13(18)19)7-10(15)8-16-12/h7-8H,3-6,9H2,1-2H3,(H,18,19). The molecule has 0 amide bonds. The summed E-state index contributed by atoms with van der Waals surface area (Å²) in [6, 6.07) is 1.63. The first-order valence-corrected chi connectivity index (χ1v) is 7.44. The average molecular weight is 327 g/mol. The molecule has 1 aromatic heterocycles. The SMILES string of the molecule is CCC1(CC)CCN(c2ncc(Br)cc2C(=O)O)C1. The van der Waals surface area contributed by atoms with Gasteiger partial charge in [0, 0.05) is 23.8 Å². The van der Waals surface area contributed by atoms with Crippen molar-refractivity contribution in [2.24, 2.45) is 5.41 Å². The second-order valence-electron chi connectivity index (χ2n) is 5.21. The van der Waals surface area contributed by atoms with Crippen molar-refractivity contribution >= 4 is 27.7 Å². The first-order valence-electron chi connectivity index (χ1n) is 6.65. The highest BCUT2D eigenvalue weighted by Crippen LogP contribution is 2.39. The fourth-order valence-corrected chi connectivity index (χ4v) is 3.12. The van der Waals surface area contributed by atoms with Crippen molar-refractivity contribution in [1.82, 2.24) is 4.98 Å². The average Bonchev–Trinajstić information content (AvgIpc) is 2.83. The molecule has 104 valence electrons. The molecule has 0 radical (unpaired) electrons. The van der Waals surface area contributed by atoms with Crippen LogP contribution in [0, 0.1) is 5.41 Å². The molecule has 0 unspecified atom stereocenters. The minimum absolute atomic E-state index is 0.275. The second kappa shape index (κ2) is 5.49. The van der Waals surface area contributed by atoms with E-state index in [1.807, 2.05) is 0 Å². The predicted octanol–water partition coefficient (Wildman–Crippen LogP) is 3.56. The summed E-state index contributed by atoms with van der Waals surface area (Å²) in [5, 5.41) is 9.31. The van der Waals surface area contributed by atoms with Gasteiger partial charge < -0.3 is 10.0 Å². The smallest absolute Gasteiger partial charge is 0.339 e. The van der Waals surface area contributed by atoms with E-state index in [1.54, 1.807) is 12.3 Å². The van der Waals surface area contributed by atoms with E-state index in [2.05, 4.69) is 39.7 Å². The molecule has 0 bridgehead atoms. The zero-order valence-corrected chi connectivity index (χ0v) is 12.9. The third-order valence-corrected chi connectivity index (χ3v) is 4.74.